The summed E-state index contributed by atoms with van der Waals surface area (Å²) >= 11 is 1.42. The summed E-state index contributed by atoms with van der Waals surface area (Å²) in [5.41, 5.74) is 1.03. The predicted molar refractivity (Wildman–Crippen MR) is 74.5 cm³/mol. The number of hydrogen-bond acceptors (Lipinski definition) is 3. The Kier molecular flexibility index (Phi) is 4.58. The summed E-state index contributed by atoms with van der Waals surface area (Å²) in [5, 5.41) is 14.0. The van der Waals surface area contributed by atoms with E-state index >= 15 is 0 Å². The van der Waals surface area contributed by atoms with Gasteiger partial charge in [-0.15, -0.1) is 11.3 Å². The quantitative estimate of drug-likeness (QED) is 0.891. The van der Waals surface area contributed by atoms with Gasteiger partial charge in [-0.1, -0.05) is 19.8 Å². The molecule has 2 atom stereocenters. The molecule has 0 bridgehead atoms. The number of thiophene rings is 1. The Labute approximate surface area is 116 Å². The Hall–Kier alpha value is -1.36. The van der Waals surface area contributed by atoms with Gasteiger partial charge >= 0.3 is 5.97 Å². The molecule has 19 heavy (non-hydrogen) atoms. The molecule has 1 fully saturated rings. The van der Waals surface area contributed by atoms with Gasteiger partial charge in [0.1, 0.15) is 0 Å². The summed E-state index contributed by atoms with van der Waals surface area (Å²) in [4.78, 5) is 24.2. The minimum absolute atomic E-state index is 0.120. The fourth-order valence-electron chi connectivity index (χ4n) is 2.65. The topological polar surface area (TPSA) is 66.4 Å². The lowest BCUT2D eigenvalue weighted by molar-refractivity contribution is -0.143. The summed E-state index contributed by atoms with van der Waals surface area (Å²) in [6.45, 7) is 2.01. The molecule has 1 amide bonds. The van der Waals surface area contributed by atoms with Crippen molar-refractivity contribution in [3.63, 3.8) is 0 Å². The first kappa shape index (κ1) is 14.1. The van der Waals surface area contributed by atoms with E-state index in [2.05, 4.69) is 5.32 Å². The molecule has 1 aromatic rings. The first-order valence-corrected chi connectivity index (χ1v) is 7.61. The highest BCUT2D eigenvalue weighted by Gasteiger charge is 2.32. The summed E-state index contributed by atoms with van der Waals surface area (Å²) < 4.78 is 0. The van der Waals surface area contributed by atoms with Crippen molar-refractivity contribution in [3.8, 4) is 0 Å². The molecule has 1 saturated carbocycles. The number of amides is 1. The van der Waals surface area contributed by atoms with E-state index in [4.69, 9.17) is 0 Å². The van der Waals surface area contributed by atoms with Crippen LogP contribution in [0.1, 0.15) is 47.8 Å². The zero-order valence-electron chi connectivity index (χ0n) is 11.0. The van der Waals surface area contributed by atoms with E-state index in [9.17, 15) is 14.7 Å². The molecule has 2 unspecified atom stereocenters. The fourth-order valence-corrected chi connectivity index (χ4v) is 3.54. The summed E-state index contributed by atoms with van der Waals surface area (Å²) in [7, 11) is 0. The second-order valence-corrected chi connectivity index (χ2v) is 5.85. The van der Waals surface area contributed by atoms with Crippen LogP contribution in [-0.4, -0.2) is 23.0 Å². The third-order valence-corrected chi connectivity index (χ3v) is 4.69. The van der Waals surface area contributed by atoms with Crippen LogP contribution in [0.25, 0.3) is 0 Å². The maximum Gasteiger partial charge on any atom is 0.308 e. The van der Waals surface area contributed by atoms with Crippen LogP contribution in [0.5, 0.6) is 0 Å². The second-order valence-electron chi connectivity index (χ2n) is 4.94. The second kappa shape index (κ2) is 6.19. The van der Waals surface area contributed by atoms with Gasteiger partial charge < -0.3 is 10.4 Å². The largest absolute Gasteiger partial charge is 0.481 e. The van der Waals surface area contributed by atoms with Crippen molar-refractivity contribution in [2.75, 3.05) is 0 Å². The molecule has 1 aliphatic rings. The number of carbonyl (C=O) groups is 2. The van der Waals surface area contributed by atoms with Crippen LogP contribution in [0, 0.1) is 5.92 Å². The number of carboxylic acid groups (broad SMARTS) is 1. The molecule has 104 valence electrons. The maximum absolute atomic E-state index is 12.2. The summed E-state index contributed by atoms with van der Waals surface area (Å²) in [5.74, 6) is -1.36. The molecular weight excluding hydrogens is 262 g/mol. The van der Waals surface area contributed by atoms with Crippen LogP contribution in [0.4, 0.5) is 0 Å². The molecule has 2 rings (SSSR count). The summed E-state index contributed by atoms with van der Waals surface area (Å²) in [6, 6.07) is 1.72. The minimum Gasteiger partial charge on any atom is -0.481 e. The number of aryl methyl sites for hydroxylation is 1. The minimum atomic E-state index is -0.799. The number of nitrogens with one attached hydrogen (secondary N) is 1. The Bertz CT molecular complexity index is 469. The average molecular weight is 281 g/mol. The van der Waals surface area contributed by atoms with Gasteiger partial charge in [-0.3, -0.25) is 9.59 Å². The van der Waals surface area contributed by atoms with E-state index in [-0.39, 0.29) is 11.9 Å². The Morgan fingerprint density at radius 2 is 2.16 bits per heavy atom. The first-order valence-electron chi connectivity index (χ1n) is 6.73. The third-order valence-electron chi connectivity index (χ3n) is 3.73. The van der Waals surface area contributed by atoms with E-state index < -0.39 is 11.9 Å². The lowest BCUT2D eigenvalue weighted by Crippen LogP contribution is -2.45. The normalized spacial score (nSPS) is 23.0. The van der Waals surface area contributed by atoms with Crippen molar-refractivity contribution in [3.05, 3.63) is 21.9 Å². The maximum atomic E-state index is 12.2. The molecule has 1 heterocycles. The third kappa shape index (κ3) is 3.15. The van der Waals surface area contributed by atoms with Gasteiger partial charge in [0.25, 0.3) is 5.91 Å². The molecule has 1 aliphatic carbocycles. The number of hydrogen-bond donors (Lipinski definition) is 2. The van der Waals surface area contributed by atoms with Crippen molar-refractivity contribution in [2.45, 2.75) is 45.1 Å². The summed E-state index contributed by atoms with van der Waals surface area (Å²) in [6.07, 6.45) is 4.16. The Morgan fingerprint density at radius 3 is 2.84 bits per heavy atom. The standard InChI is InChI=1S/C14H19NO3S/c1-2-9-7-8-19-12(9)13(16)15-11-6-4-3-5-10(11)14(17)18/h7-8,10-11H,2-6H2,1H3,(H,15,16)(H,17,18). The monoisotopic (exact) mass is 281 g/mol. The lowest BCUT2D eigenvalue weighted by atomic mass is 9.84. The number of aliphatic carboxylic acids is 1. The van der Waals surface area contributed by atoms with Crippen LogP contribution in [0.15, 0.2) is 11.4 Å². The van der Waals surface area contributed by atoms with Crippen LogP contribution in [0.2, 0.25) is 0 Å². The predicted octanol–water partition coefficient (Wildman–Crippen LogP) is 2.68. The zero-order chi connectivity index (χ0) is 13.8. The molecule has 5 heteroatoms. The van der Waals surface area contributed by atoms with Gasteiger partial charge in [0, 0.05) is 6.04 Å². The molecule has 0 aliphatic heterocycles. The van der Waals surface area contributed by atoms with Crippen molar-refractivity contribution >= 4 is 23.2 Å². The molecular formula is C14H19NO3S. The molecule has 0 spiro atoms. The van der Waals surface area contributed by atoms with Gasteiger partial charge in [0.15, 0.2) is 0 Å². The van der Waals surface area contributed by atoms with E-state index in [1.54, 1.807) is 0 Å². The molecule has 4 nitrogen and oxygen atoms in total. The van der Waals surface area contributed by atoms with Crippen LogP contribution in [-0.2, 0) is 11.2 Å². The number of carbonyl (C=O) groups excluding carboxylic acids is 1. The highest BCUT2D eigenvalue weighted by Crippen LogP contribution is 2.26. The molecule has 2 N–H and O–H groups in total. The molecule has 0 aromatic carbocycles. The van der Waals surface area contributed by atoms with Gasteiger partial charge in [0.05, 0.1) is 10.8 Å². The van der Waals surface area contributed by atoms with Crippen LogP contribution >= 0.6 is 11.3 Å². The smallest absolute Gasteiger partial charge is 0.308 e. The zero-order valence-corrected chi connectivity index (χ0v) is 11.8. The van der Waals surface area contributed by atoms with E-state index in [1.807, 2.05) is 18.4 Å². The van der Waals surface area contributed by atoms with E-state index in [0.29, 0.717) is 6.42 Å². The molecule has 0 saturated heterocycles. The number of carboxylic acids is 1. The SMILES string of the molecule is CCc1ccsc1C(=O)NC1CCCCC1C(=O)O. The fraction of sp³-hybridized carbons (Fsp3) is 0.571. The Balaban J connectivity index is 2.07. The number of rotatable bonds is 4. The van der Waals surface area contributed by atoms with Crippen molar-refractivity contribution < 1.29 is 14.7 Å². The molecule has 0 radical (unpaired) electrons. The average Bonchev–Trinajstić information content (AvgIpc) is 2.87. The van der Waals surface area contributed by atoms with Gasteiger partial charge in [-0.25, -0.2) is 0 Å². The Morgan fingerprint density at radius 1 is 1.42 bits per heavy atom. The van der Waals surface area contributed by atoms with Gasteiger partial charge in [-0.2, -0.15) is 0 Å². The van der Waals surface area contributed by atoms with Crippen molar-refractivity contribution in [1.82, 2.24) is 5.32 Å². The molecule has 1 aromatic heterocycles. The first-order chi connectivity index (χ1) is 9.13. The van der Waals surface area contributed by atoms with Crippen molar-refractivity contribution in [2.24, 2.45) is 5.92 Å². The van der Waals surface area contributed by atoms with Gasteiger partial charge in [0.2, 0.25) is 0 Å². The van der Waals surface area contributed by atoms with Crippen LogP contribution in [0.3, 0.4) is 0 Å². The highest BCUT2D eigenvalue weighted by molar-refractivity contribution is 7.12. The van der Waals surface area contributed by atoms with Gasteiger partial charge in [-0.05, 0) is 36.3 Å². The van der Waals surface area contributed by atoms with Crippen molar-refractivity contribution in [1.29, 1.82) is 0 Å². The van der Waals surface area contributed by atoms with Crippen LogP contribution < -0.4 is 5.32 Å². The van der Waals surface area contributed by atoms with E-state index in [1.165, 1.54) is 11.3 Å². The van der Waals surface area contributed by atoms with E-state index in [0.717, 1.165) is 36.1 Å². The highest BCUT2D eigenvalue weighted by atomic mass is 32.1. The lowest BCUT2D eigenvalue weighted by Gasteiger charge is -2.29.